The van der Waals surface area contributed by atoms with E-state index in [4.69, 9.17) is 9.47 Å². The van der Waals surface area contributed by atoms with Crippen LogP contribution in [0.5, 0.6) is 11.5 Å². The molecule has 10 nitrogen and oxygen atoms in total. The molecule has 1 aromatic rings. The molecular formula is C18H21NO9S. The van der Waals surface area contributed by atoms with E-state index >= 15 is 0 Å². The fourth-order valence-corrected chi connectivity index (χ4v) is 3.67. The summed E-state index contributed by atoms with van der Waals surface area (Å²) in [6.07, 6.45) is -2.10. The quantitative estimate of drug-likeness (QED) is 0.515. The zero-order valence-electron chi connectivity index (χ0n) is 16.1. The Morgan fingerprint density at radius 2 is 1.86 bits per heavy atom. The third kappa shape index (κ3) is 5.53. The summed E-state index contributed by atoms with van der Waals surface area (Å²) in [4.78, 5) is 48.9. The molecule has 1 amide bonds. The summed E-state index contributed by atoms with van der Waals surface area (Å²) in [5, 5.41) is 12.8. The number of phenolic OH excluding ortho intramolecular Hbond substituents is 1. The maximum atomic E-state index is 12.7. The molecule has 0 radical (unpaired) electrons. The van der Waals surface area contributed by atoms with Gasteiger partial charge < -0.3 is 29.4 Å². The maximum Gasteiger partial charge on any atom is 0.347 e. The standard InChI is InChI=1S/C18H21NO9S/c1-25-9-4-10-11(13(20)5-9)7-29-8-12(17(23)26-2)19-15(21)6-14(18(24)27-3)28-16(10)22/h4-5,12,14,20H,6-8H2,1-3H3,(H,19,21)/t12-,14-/m0/s1. The Morgan fingerprint density at radius 1 is 1.17 bits per heavy atom. The second kappa shape index (κ2) is 10.0. The predicted molar refractivity (Wildman–Crippen MR) is 101 cm³/mol. The molecule has 0 aromatic heterocycles. The highest BCUT2D eigenvalue weighted by molar-refractivity contribution is 7.98. The van der Waals surface area contributed by atoms with E-state index in [2.05, 4.69) is 14.8 Å². The van der Waals surface area contributed by atoms with Gasteiger partial charge in [0.2, 0.25) is 12.0 Å². The molecule has 0 bridgehead atoms. The van der Waals surface area contributed by atoms with Gasteiger partial charge in [-0.1, -0.05) is 0 Å². The first-order valence-corrected chi connectivity index (χ1v) is 9.59. The van der Waals surface area contributed by atoms with Crippen molar-refractivity contribution in [2.45, 2.75) is 24.3 Å². The number of thioether (sulfide) groups is 1. The minimum atomic E-state index is -1.54. The first-order valence-electron chi connectivity index (χ1n) is 8.44. The maximum absolute atomic E-state index is 12.7. The van der Waals surface area contributed by atoms with E-state index in [-0.39, 0.29) is 34.1 Å². The number of rotatable bonds is 3. The number of methoxy groups -OCH3 is 3. The molecule has 1 heterocycles. The van der Waals surface area contributed by atoms with E-state index in [9.17, 15) is 24.3 Å². The molecule has 2 N–H and O–H groups in total. The monoisotopic (exact) mass is 427 g/mol. The van der Waals surface area contributed by atoms with Gasteiger partial charge in [0.05, 0.1) is 33.3 Å². The summed E-state index contributed by atoms with van der Waals surface area (Å²) in [6, 6.07) is 1.70. The van der Waals surface area contributed by atoms with Crippen LogP contribution in [0.2, 0.25) is 0 Å². The van der Waals surface area contributed by atoms with Crippen LogP contribution < -0.4 is 10.1 Å². The van der Waals surface area contributed by atoms with Gasteiger partial charge in [0.25, 0.3) is 0 Å². The molecule has 0 unspecified atom stereocenters. The average Bonchev–Trinajstić information content (AvgIpc) is 2.70. The molecule has 1 aliphatic heterocycles. The van der Waals surface area contributed by atoms with Crippen molar-refractivity contribution in [2.24, 2.45) is 0 Å². The summed E-state index contributed by atoms with van der Waals surface area (Å²) in [6.45, 7) is 0. The molecule has 0 saturated heterocycles. The number of hydrogen-bond acceptors (Lipinski definition) is 10. The highest BCUT2D eigenvalue weighted by atomic mass is 32.2. The normalized spacial score (nSPS) is 20.1. The van der Waals surface area contributed by atoms with Crippen LogP contribution in [0.4, 0.5) is 0 Å². The SMILES string of the molecule is COC(=O)[C@@H]1CSCc2c(O)cc(OC)cc2C(=O)O[C@H](C(=O)OC)CC(=O)N1. The lowest BCUT2D eigenvalue weighted by atomic mass is 10.1. The summed E-state index contributed by atoms with van der Waals surface area (Å²) in [5.41, 5.74) is 0.207. The first kappa shape index (κ1) is 22.3. The van der Waals surface area contributed by atoms with E-state index in [0.717, 1.165) is 7.11 Å². The molecule has 1 aromatic carbocycles. The Morgan fingerprint density at radius 3 is 2.48 bits per heavy atom. The smallest absolute Gasteiger partial charge is 0.347 e. The number of carbonyl (C=O) groups is 4. The number of esters is 3. The molecule has 1 aliphatic rings. The van der Waals surface area contributed by atoms with Crippen LogP contribution in [0.1, 0.15) is 22.3 Å². The van der Waals surface area contributed by atoms with Crippen molar-refractivity contribution in [1.82, 2.24) is 5.32 Å². The zero-order chi connectivity index (χ0) is 21.6. The molecule has 0 fully saturated rings. The molecule has 0 spiro atoms. The predicted octanol–water partition coefficient (Wildman–Crippen LogP) is 0.394. The number of cyclic esters (lactones) is 1. The minimum absolute atomic E-state index is 0.0288. The van der Waals surface area contributed by atoms with Crippen LogP contribution in [0.25, 0.3) is 0 Å². The van der Waals surface area contributed by atoms with E-state index in [1.807, 2.05) is 0 Å². The molecule has 29 heavy (non-hydrogen) atoms. The van der Waals surface area contributed by atoms with Gasteiger partial charge in [-0.15, -0.1) is 0 Å². The Kier molecular flexibility index (Phi) is 7.71. The van der Waals surface area contributed by atoms with Crippen molar-refractivity contribution < 1.29 is 43.2 Å². The topological polar surface area (TPSA) is 137 Å². The van der Waals surface area contributed by atoms with E-state index in [1.165, 1.54) is 38.1 Å². The van der Waals surface area contributed by atoms with Crippen molar-refractivity contribution in [2.75, 3.05) is 27.1 Å². The third-order valence-electron chi connectivity index (χ3n) is 4.09. The Bertz CT molecular complexity index is 811. The lowest BCUT2D eigenvalue weighted by Gasteiger charge is -2.21. The highest BCUT2D eigenvalue weighted by Gasteiger charge is 2.32. The fraction of sp³-hybridized carbons (Fsp3) is 0.444. The molecule has 0 saturated carbocycles. The van der Waals surface area contributed by atoms with Gasteiger partial charge in [0.1, 0.15) is 17.5 Å². The van der Waals surface area contributed by atoms with Crippen molar-refractivity contribution in [3.05, 3.63) is 23.3 Å². The van der Waals surface area contributed by atoms with Crippen LogP contribution in [0.15, 0.2) is 12.1 Å². The summed E-state index contributed by atoms with van der Waals surface area (Å²) >= 11 is 1.19. The number of amides is 1. The van der Waals surface area contributed by atoms with E-state index in [1.54, 1.807) is 0 Å². The highest BCUT2D eigenvalue weighted by Crippen LogP contribution is 2.32. The molecule has 2 rings (SSSR count). The number of nitrogens with one attached hydrogen (secondary N) is 1. The van der Waals surface area contributed by atoms with Gasteiger partial charge in [-0.25, -0.2) is 14.4 Å². The number of hydrogen-bond donors (Lipinski definition) is 2. The number of aromatic hydroxyl groups is 1. The number of carbonyl (C=O) groups excluding carboxylic acids is 4. The summed E-state index contributed by atoms with van der Waals surface area (Å²) < 4.78 is 19.5. The van der Waals surface area contributed by atoms with Gasteiger partial charge in [0.15, 0.2) is 0 Å². The third-order valence-corrected chi connectivity index (χ3v) is 5.15. The van der Waals surface area contributed by atoms with Gasteiger partial charge in [-0.2, -0.15) is 11.8 Å². The van der Waals surface area contributed by atoms with Gasteiger partial charge in [0, 0.05) is 23.1 Å². The van der Waals surface area contributed by atoms with E-state index < -0.39 is 42.4 Å². The second-order valence-corrected chi connectivity index (χ2v) is 6.98. The summed E-state index contributed by atoms with van der Waals surface area (Å²) in [5.74, 6) is -3.02. The van der Waals surface area contributed by atoms with Gasteiger partial charge in [-0.3, -0.25) is 4.79 Å². The average molecular weight is 427 g/mol. The molecule has 0 aliphatic carbocycles. The number of phenols is 1. The number of fused-ring (bicyclic) bond motifs is 1. The van der Waals surface area contributed by atoms with Crippen molar-refractivity contribution in [3.8, 4) is 11.5 Å². The first-order chi connectivity index (χ1) is 13.8. The van der Waals surface area contributed by atoms with Crippen molar-refractivity contribution in [3.63, 3.8) is 0 Å². The number of ether oxygens (including phenoxy) is 4. The van der Waals surface area contributed by atoms with Gasteiger partial charge in [-0.05, 0) is 6.07 Å². The van der Waals surface area contributed by atoms with Crippen LogP contribution in [-0.2, 0) is 34.3 Å². The molecule has 11 heteroatoms. The largest absolute Gasteiger partial charge is 0.507 e. The number of benzene rings is 1. The van der Waals surface area contributed by atoms with Crippen molar-refractivity contribution >= 4 is 35.6 Å². The lowest BCUT2D eigenvalue weighted by Crippen LogP contribution is -2.45. The Balaban J connectivity index is 2.47. The van der Waals surface area contributed by atoms with Crippen LogP contribution in [-0.4, -0.2) is 68.1 Å². The van der Waals surface area contributed by atoms with Crippen LogP contribution in [0.3, 0.4) is 0 Å². The Hall–Kier alpha value is -2.95. The lowest BCUT2D eigenvalue weighted by molar-refractivity contribution is -0.153. The summed E-state index contributed by atoms with van der Waals surface area (Å²) in [7, 11) is 3.63. The molecular weight excluding hydrogens is 406 g/mol. The fourth-order valence-electron chi connectivity index (χ4n) is 2.59. The second-order valence-electron chi connectivity index (χ2n) is 5.95. The zero-order valence-corrected chi connectivity index (χ0v) is 16.9. The molecule has 2 atom stereocenters. The van der Waals surface area contributed by atoms with E-state index in [0.29, 0.717) is 0 Å². The van der Waals surface area contributed by atoms with Crippen LogP contribution in [0, 0.1) is 0 Å². The van der Waals surface area contributed by atoms with Crippen molar-refractivity contribution in [1.29, 1.82) is 0 Å². The molecule has 158 valence electrons. The van der Waals surface area contributed by atoms with Crippen LogP contribution >= 0.6 is 11.8 Å². The minimum Gasteiger partial charge on any atom is -0.507 e. The van der Waals surface area contributed by atoms with Gasteiger partial charge >= 0.3 is 17.9 Å². The Labute approximate surface area is 170 Å².